The Balaban J connectivity index is 3.02. The summed E-state index contributed by atoms with van der Waals surface area (Å²) in [7, 11) is -3.11. The Morgan fingerprint density at radius 1 is 1.43 bits per heavy atom. The highest BCUT2D eigenvalue weighted by Crippen LogP contribution is 2.37. The maximum absolute atomic E-state index is 12.0. The molecule has 14 heavy (non-hydrogen) atoms. The Bertz CT molecular complexity index is 311. The van der Waals surface area contributed by atoms with Crippen molar-refractivity contribution in [2.75, 3.05) is 6.54 Å². The third-order valence-corrected chi connectivity index (χ3v) is 6.94. The van der Waals surface area contributed by atoms with Gasteiger partial charge in [-0.1, -0.05) is 15.9 Å². The van der Waals surface area contributed by atoms with Crippen LogP contribution < -0.4 is 0 Å². The van der Waals surface area contributed by atoms with Crippen molar-refractivity contribution in [2.45, 2.75) is 49.7 Å². The number of halogens is 1. The molecule has 0 aliphatic carbocycles. The normalized spacial score (nSPS) is 28.6. The zero-order chi connectivity index (χ0) is 11.1. The second kappa shape index (κ2) is 3.76. The molecule has 0 spiro atoms. The molecule has 0 aromatic rings. The number of nitrogens with zero attached hydrogens (tertiary/aromatic N) is 1. The second-order valence-corrected chi connectivity index (χ2v) is 8.09. The van der Waals surface area contributed by atoms with Crippen molar-refractivity contribution in [1.29, 1.82) is 0 Å². The number of rotatable bonds is 2. The van der Waals surface area contributed by atoms with E-state index in [0.29, 0.717) is 6.54 Å². The number of alkyl halides is 1. The van der Waals surface area contributed by atoms with Crippen LogP contribution in [0.25, 0.3) is 0 Å². The lowest BCUT2D eigenvalue weighted by molar-refractivity contribution is 0.296. The SMILES string of the molecule is CC(C)S(=O)(=O)N1CCC(Br)C1(C)C. The first-order valence-corrected chi connectivity index (χ1v) is 7.28. The molecule has 1 atom stereocenters. The summed E-state index contributed by atoms with van der Waals surface area (Å²) in [5, 5.41) is -0.334. The molecule has 1 rings (SSSR count). The minimum absolute atomic E-state index is 0.253. The molecule has 0 N–H and O–H groups in total. The van der Waals surface area contributed by atoms with Crippen LogP contribution in [0.2, 0.25) is 0 Å². The van der Waals surface area contributed by atoms with Crippen molar-refractivity contribution < 1.29 is 8.42 Å². The van der Waals surface area contributed by atoms with E-state index in [9.17, 15) is 8.42 Å². The fraction of sp³-hybridized carbons (Fsp3) is 1.00. The first-order valence-electron chi connectivity index (χ1n) is 4.86. The summed E-state index contributed by atoms with van der Waals surface area (Å²) in [5.41, 5.74) is -0.302. The Morgan fingerprint density at radius 2 is 1.93 bits per heavy atom. The molecule has 1 aliphatic heterocycles. The summed E-state index contributed by atoms with van der Waals surface area (Å²) in [6.45, 7) is 8.03. The molecule has 84 valence electrons. The van der Waals surface area contributed by atoms with Gasteiger partial charge in [-0.05, 0) is 34.1 Å². The van der Waals surface area contributed by atoms with Crippen LogP contribution in [0.3, 0.4) is 0 Å². The predicted molar refractivity (Wildman–Crippen MR) is 62.2 cm³/mol. The van der Waals surface area contributed by atoms with E-state index in [1.807, 2.05) is 13.8 Å². The Hall–Kier alpha value is 0.390. The average Bonchev–Trinajstić information content (AvgIpc) is 2.27. The Morgan fingerprint density at radius 3 is 2.21 bits per heavy atom. The molecule has 0 aromatic carbocycles. The van der Waals surface area contributed by atoms with Gasteiger partial charge < -0.3 is 0 Å². The predicted octanol–water partition coefficient (Wildman–Crippen LogP) is 1.97. The molecule has 0 saturated carbocycles. The standard InChI is InChI=1S/C9H18BrNO2S/c1-7(2)14(12,13)11-6-5-8(10)9(11,3)4/h7-8H,5-6H2,1-4H3. The van der Waals surface area contributed by atoms with E-state index in [0.717, 1.165) is 6.42 Å². The summed E-state index contributed by atoms with van der Waals surface area (Å²) >= 11 is 3.54. The van der Waals surface area contributed by atoms with Gasteiger partial charge in [0.1, 0.15) is 0 Å². The summed E-state index contributed by atoms with van der Waals surface area (Å²) < 4.78 is 25.6. The molecule has 0 radical (unpaired) electrons. The van der Waals surface area contributed by atoms with Crippen LogP contribution in [0.1, 0.15) is 34.1 Å². The van der Waals surface area contributed by atoms with Gasteiger partial charge in [-0.3, -0.25) is 0 Å². The highest BCUT2D eigenvalue weighted by Gasteiger charge is 2.46. The van der Waals surface area contributed by atoms with Crippen LogP contribution in [-0.2, 0) is 10.0 Å². The third-order valence-electron chi connectivity index (χ3n) is 2.90. The van der Waals surface area contributed by atoms with Gasteiger partial charge in [-0.15, -0.1) is 0 Å². The monoisotopic (exact) mass is 283 g/mol. The zero-order valence-electron chi connectivity index (χ0n) is 9.12. The molecule has 0 bridgehead atoms. The molecular formula is C9H18BrNO2S. The van der Waals surface area contributed by atoms with E-state index in [1.165, 1.54) is 0 Å². The van der Waals surface area contributed by atoms with E-state index in [1.54, 1.807) is 18.2 Å². The average molecular weight is 284 g/mol. The van der Waals surface area contributed by atoms with E-state index in [-0.39, 0.29) is 15.6 Å². The molecule has 1 heterocycles. The lowest BCUT2D eigenvalue weighted by Gasteiger charge is -2.34. The molecule has 0 aromatic heterocycles. The molecule has 5 heteroatoms. The Kier molecular flexibility index (Phi) is 3.34. The maximum Gasteiger partial charge on any atom is 0.216 e. The molecule has 1 unspecified atom stereocenters. The third kappa shape index (κ3) is 1.86. The topological polar surface area (TPSA) is 37.4 Å². The molecule has 1 fully saturated rings. The van der Waals surface area contributed by atoms with Crippen LogP contribution in [0.5, 0.6) is 0 Å². The van der Waals surface area contributed by atoms with E-state index >= 15 is 0 Å². The van der Waals surface area contributed by atoms with Crippen LogP contribution in [0.15, 0.2) is 0 Å². The van der Waals surface area contributed by atoms with E-state index < -0.39 is 10.0 Å². The largest absolute Gasteiger partial charge is 0.216 e. The number of sulfonamides is 1. The number of hydrogen-bond donors (Lipinski definition) is 0. The van der Waals surface area contributed by atoms with Crippen LogP contribution in [0, 0.1) is 0 Å². The molecule has 1 saturated heterocycles. The quantitative estimate of drug-likeness (QED) is 0.727. The van der Waals surface area contributed by atoms with Crippen molar-refractivity contribution in [2.24, 2.45) is 0 Å². The Labute approximate surface area is 95.0 Å². The lowest BCUT2D eigenvalue weighted by atomic mass is 10.0. The summed E-state index contributed by atoms with van der Waals surface area (Å²) in [5.74, 6) is 0. The summed E-state index contributed by atoms with van der Waals surface area (Å²) in [6.07, 6.45) is 0.888. The fourth-order valence-electron chi connectivity index (χ4n) is 1.74. The van der Waals surface area contributed by atoms with Gasteiger partial charge in [0.15, 0.2) is 0 Å². The smallest absolute Gasteiger partial charge is 0.212 e. The maximum atomic E-state index is 12.0. The first-order chi connectivity index (χ1) is 6.20. The first kappa shape index (κ1) is 12.5. The van der Waals surface area contributed by atoms with Crippen molar-refractivity contribution in [3.8, 4) is 0 Å². The minimum atomic E-state index is -3.11. The van der Waals surface area contributed by atoms with Crippen molar-refractivity contribution >= 4 is 26.0 Å². The van der Waals surface area contributed by atoms with Gasteiger partial charge >= 0.3 is 0 Å². The summed E-state index contributed by atoms with van der Waals surface area (Å²) in [4.78, 5) is 0.253. The van der Waals surface area contributed by atoms with Crippen molar-refractivity contribution in [3.63, 3.8) is 0 Å². The molecule has 0 amide bonds. The van der Waals surface area contributed by atoms with Gasteiger partial charge in [0.25, 0.3) is 0 Å². The van der Waals surface area contributed by atoms with Gasteiger partial charge in [-0.2, -0.15) is 4.31 Å². The molecule has 3 nitrogen and oxygen atoms in total. The van der Waals surface area contributed by atoms with Gasteiger partial charge in [-0.25, -0.2) is 8.42 Å². The fourth-order valence-corrected chi connectivity index (χ4v) is 3.98. The lowest BCUT2D eigenvalue weighted by Crippen LogP contribution is -2.48. The van der Waals surface area contributed by atoms with E-state index in [4.69, 9.17) is 0 Å². The van der Waals surface area contributed by atoms with Crippen LogP contribution in [0.4, 0.5) is 0 Å². The van der Waals surface area contributed by atoms with Crippen LogP contribution in [-0.4, -0.2) is 34.9 Å². The van der Waals surface area contributed by atoms with E-state index in [2.05, 4.69) is 15.9 Å². The van der Waals surface area contributed by atoms with Gasteiger partial charge in [0, 0.05) is 16.9 Å². The minimum Gasteiger partial charge on any atom is -0.212 e. The zero-order valence-corrected chi connectivity index (χ0v) is 11.5. The summed E-state index contributed by atoms with van der Waals surface area (Å²) in [6, 6.07) is 0. The van der Waals surface area contributed by atoms with Crippen molar-refractivity contribution in [3.05, 3.63) is 0 Å². The van der Waals surface area contributed by atoms with Crippen LogP contribution >= 0.6 is 15.9 Å². The number of hydrogen-bond acceptors (Lipinski definition) is 2. The highest BCUT2D eigenvalue weighted by molar-refractivity contribution is 9.09. The van der Waals surface area contributed by atoms with Gasteiger partial charge in [0.05, 0.1) is 5.25 Å². The molecular weight excluding hydrogens is 266 g/mol. The second-order valence-electron chi connectivity index (χ2n) is 4.58. The molecule has 1 aliphatic rings. The van der Waals surface area contributed by atoms with Crippen molar-refractivity contribution in [1.82, 2.24) is 4.31 Å². The van der Waals surface area contributed by atoms with Gasteiger partial charge in [0.2, 0.25) is 10.0 Å². The highest BCUT2D eigenvalue weighted by atomic mass is 79.9.